The van der Waals surface area contributed by atoms with Gasteiger partial charge in [0, 0.05) is 73.2 Å². The fraction of sp³-hybridized carbons (Fsp3) is 0.304. The van der Waals surface area contributed by atoms with Gasteiger partial charge in [0.15, 0.2) is 5.69 Å². The number of nitrogens with zero attached hydrogens (tertiary/aromatic N) is 5. The third-order valence-electron chi connectivity index (χ3n) is 5.90. The van der Waals surface area contributed by atoms with Crippen molar-refractivity contribution in [2.24, 2.45) is 0 Å². The third kappa shape index (κ3) is 4.45. The Morgan fingerprint density at radius 1 is 1.15 bits per heavy atom. The van der Waals surface area contributed by atoms with Crippen LogP contribution in [-0.4, -0.2) is 49.9 Å². The van der Waals surface area contributed by atoms with Crippen LogP contribution in [0.1, 0.15) is 33.7 Å². The minimum absolute atomic E-state index is 0.162. The van der Waals surface area contributed by atoms with Crippen LogP contribution in [0.15, 0.2) is 49.1 Å². The predicted molar refractivity (Wildman–Crippen MR) is 119 cm³/mol. The second-order valence-electron chi connectivity index (χ2n) is 8.15. The average molecular weight is 469 g/mol. The molecule has 0 radical (unpaired) electrons. The van der Waals surface area contributed by atoms with Crippen molar-refractivity contribution in [3.63, 3.8) is 0 Å². The first-order valence-corrected chi connectivity index (χ1v) is 10.9. The molecule has 1 aliphatic heterocycles. The quantitative estimate of drug-likeness (QED) is 0.451. The van der Waals surface area contributed by atoms with Crippen molar-refractivity contribution in [1.82, 2.24) is 30.0 Å². The summed E-state index contributed by atoms with van der Waals surface area (Å²) in [5.41, 5.74) is 4.51. The first kappa shape index (κ1) is 21.9. The summed E-state index contributed by atoms with van der Waals surface area (Å²) in [5, 5.41) is 7.89. The van der Waals surface area contributed by atoms with Gasteiger partial charge >= 0.3 is 6.18 Å². The van der Waals surface area contributed by atoms with Crippen molar-refractivity contribution in [2.75, 3.05) is 18.0 Å². The molecule has 0 aliphatic carbocycles. The number of carbonyl (C=O) groups excluding carboxylic acids is 1. The van der Waals surface area contributed by atoms with Crippen molar-refractivity contribution in [3.8, 4) is 0 Å². The topological polar surface area (TPSA) is 91.7 Å². The number of halogens is 3. The van der Waals surface area contributed by atoms with Crippen LogP contribution in [0.5, 0.6) is 0 Å². The molecule has 0 saturated heterocycles. The Kier molecular flexibility index (Phi) is 5.68. The molecule has 176 valence electrons. The highest BCUT2D eigenvalue weighted by atomic mass is 19.4. The van der Waals surface area contributed by atoms with E-state index in [0.717, 1.165) is 33.5 Å². The Balaban J connectivity index is 1.46. The number of carbonyl (C=O) groups is 1. The maximum Gasteiger partial charge on any atom is 0.390 e. The highest BCUT2D eigenvalue weighted by Crippen LogP contribution is 2.31. The number of fused-ring (bicyclic) bond motifs is 2. The molecule has 0 aromatic carbocycles. The molecule has 1 amide bonds. The Morgan fingerprint density at radius 2 is 1.97 bits per heavy atom. The van der Waals surface area contributed by atoms with Crippen molar-refractivity contribution in [1.29, 1.82) is 0 Å². The Labute approximate surface area is 192 Å². The highest BCUT2D eigenvalue weighted by Gasteiger charge is 2.30. The smallest absolute Gasteiger partial charge is 0.366 e. The number of aromatic amines is 1. The third-order valence-corrected chi connectivity index (χ3v) is 5.90. The molecule has 11 heteroatoms. The Hall–Kier alpha value is -3.89. The Bertz CT molecular complexity index is 1310. The lowest BCUT2D eigenvalue weighted by atomic mass is 10.0. The first-order valence-electron chi connectivity index (χ1n) is 10.9. The molecule has 0 spiro atoms. The van der Waals surface area contributed by atoms with E-state index < -0.39 is 25.0 Å². The predicted octanol–water partition coefficient (Wildman–Crippen LogP) is 3.45. The van der Waals surface area contributed by atoms with Crippen LogP contribution in [0.3, 0.4) is 0 Å². The minimum atomic E-state index is -4.34. The summed E-state index contributed by atoms with van der Waals surface area (Å²) in [6, 6.07) is 7.61. The maximum atomic E-state index is 12.9. The molecular formula is C23H22F3N7O. The molecule has 0 fully saturated rings. The van der Waals surface area contributed by atoms with Gasteiger partial charge in [-0.25, -0.2) is 4.98 Å². The molecule has 1 aliphatic rings. The zero-order valence-electron chi connectivity index (χ0n) is 18.1. The van der Waals surface area contributed by atoms with E-state index in [9.17, 15) is 18.0 Å². The molecule has 5 rings (SSSR count). The molecule has 8 nitrogen and oxygen atoms in total. The number of hydrogen-bond donors (Lipinski definition) is 2. The van der Waals surface area contributed by atoms with E-state index in [4.69, 9.17) is 0 Å². The molecule has 0 unspecified atom stereocenters. The van der Waals surface area contributed by atoms with Gasteiger partial charge in [0.1, 0.15) is 5.65 Å². The van der Waals surface area contributed by atoms with Gasteiger partial charge in [0.2, 0.25) is 0 Å². The molecular weight excluding hydrogens is 447 g/mol. The summed E-state index contributed by atoms with van der Waals surface area (Å²) in [7, 11) is 0. The summed E-state index contributed by atoms with van der Waals surface area (Å²) in [4.78, 5) is 26.5. The van der Waals surface area contributed by atoms with E-state index >= 15 is 0 Å². The molecule has 5 heterocycles. The van der Waals surface area contributed by atoms with E-state index in [1.807, 2.05) is 30.5 Å². The normalized spacial score (nSPS) is 13.8. The fourth-order valence-electron chi connectivity index (χ4n) is 4.29. The largest absolute Gasteiger partial charge is 0.390 e. The number of hydrogen-bond acceptors (Lipinski definition) is 5. The van der Waals surface area contributed by atoms with Gasteiger partial charge in [-0.1, -0.05) is 0 Å². The number of anilines is 1. The summed E-state index contributed by atoms with van der Waals surface area (Å²) < 4.78 is 39.5. The lowest BCUT2D eigenvalue weighted by Gasteiger charge is -2.30. The summed E-state index contributed by atoms with van der Waals surface area (Å²) in [6.07, 6.45) is 2.12. The van der Waals surface area contributed by atoms with Crippen molar-refractivity contribution < 1.29 is 18.0 Å². The molecule has 2 N–H and O–H groups in total. The number of rotatable bonds is 6. The monoisotopic (exact) mass is 469 g/mol. The molecule has 4 aromatic heterocycles. The lowest BCUT2D eigenvalue weighted by molar-refractivity contribution is -0.133. The number of alkyl halides is 3. The van der Waals surface area contributed by atoms with Gasteiger partial charge < -0.3 is 15.2 Å². The van der Waals surface area contributed by atoms with Crippen molar-refractivity contribution >= 4 is 22.6 Å². The van der Waals surface area contributed by atoms with Crippen molar-refractivity contribution in [2.45, 2.75) is 32.1 Å². The fourth-order valence-corrected chi connectivity index (χ4v) is 4.29. The van der Waals surface area contributed by atoms with Gasteiger partial charge in [-0.05, 0) is 29.8 Å². The van der Waals surface area contributed by atoms with Crippen LogP contribution in [0, 0.1) is 0 Å². The van der Waals surface area contributed by atoms with Crippen LogP contribution in [0.4, 0.5) is 18.9 Å². The van der Waals surface area contributed by atoms with Crippen LogP contribution in [0.2, 0.25) is 0 Å². The number of H-pyrrole nitrogens is 1. The number of pyridine rings is 2. The number of amides is 1. The summed E-state index contributed by atoms with van der Waals surface area (Å²) in [5.74, 6) is -0.600. The van der Waals surface area contributed by atoms with Gasteiger partial charge in [0.25, 0.3) is 5.91 Å². The summed E-state index contributed by atoms with van der Waals surface area (Å²) in [6.45, 7) is 1.07. The van der Waals surface area contributed by atoms with Gasteiger partial charge in [-0.15, -0.1) is 0 Å². The van der Waals surface area contributed by atoms with E-state index in [2.05, 4.69) is 30.3 Å². The van der Waals surface area contributed by atoms with E-state index in [1.165, 1.54) is 0 Å². The van der Waals surface area contributed by atoms with Crippen LogP contribution >= 0.6 is 0 Å². The number of nitrogens with one attached hydrogen (secondary N) is 2. The molecule has 0 bridgehead atoms. The van der Waals surface area contributed by atoms with Crippen LogP contribution < -0.4 is 10.2 Å². The molecule has 4 aromatic rings. The van der Waals surface area contributed by atoms with Gasteiger partial charge in [-0.3, -0.25) is 14.5 Å². The van der Waals surface area contributed by atoms with Crippen LogP contribution in [0.25, 0.3) is 11.0 Å². The highest BCUT2D eigenvalue weighted by molar-refractivity contribution is 5.94. The molecule has 34 heavy (non-hydrogen) atoms. The van der Waals surface area contributed by atoms with E-state index in [-0.39, 0.29) is 5.69 Å². The van der Waals surface area contributed by atoms with E-state index in [1.54, 1.807) is 23.3 Å². The van der Waals surface area contributed by atoms with Gasteiger partial charge in [-0.2, -0.15) is 18.3 Å². The average Bonchev–Trinajstić information content (AvgIpc) is 3.43. The minimum Gasteiger partial charge on any atom is -0.366 e. The van der Waals surface area contributed by atoms with E-state index in [0.29, 0.717) is 26.1 Å². The Morgan fingerprint density at radius 3 is 2.76 bits per heavy atom. The standard InChI is InChI=1S/C23H22F3N7O/c24-23(25,26)6-11-30-22(34)20-17-14-32(18-4-10-29-21-16(18)3-9-28-21)12-5-19(17)33(31-20)13-15-1-7-27-8-2-15/h1-4,7-10H,5-6,11-14H2,(H,28,29)(H,30,34). The van der Waals surface area contributed by atoms with Crippen molar-refractivity contribution in [3.05, 3.63) is 71.6 Å². The zero-order valence-corrected chi connectivity index (χ0v) is 18.1. The molecule has 0 atom stereocenters. The summed E-state index contributed by atoms with van der Waals surface area (Å²) >= 11 is 0. The molecule has 0 saturated carbocycles. The first-order chi connectivity index (χ1) is 16.4. The maximum absolute atomic E-state index is 12.9. The number of aromatic nitrogens is 5. The SMILES string of the molecule is O=C(NCCC(F)(F)F)c1nn(Cc2ccncc2)c2c1CN(c1ccnc3[nH]ccc13)CC2. The van der Waals surface area contributed by atoms with Gasteiger partial charge in [0.05, 0.1) is 13.0 Å². The second kappa shape index (κ2) is 8.81. The zero-order chi connectivity index (χ0) is 23.7. The van der Waals surface area contributed by atoms with Crippen LogP contribution in [-0.2, 0) is 19.5 Å². The second-order valence-corrected chi connectivity index (χ2v) is 8.15. The lowest BCUT2D eigenvalue weighted by Crippen LogP contribution is -2.33.